The highest BCUT2D eigenvalue weighted by molar-refractivity contribution is 5.14. The van der Waals surface area contributed by atoms with Gasteiger partial charge in [0.2, 0.25) is 0 Å². The molecule has 0 saturated carbocycles. The molecule has 1 fully saturated rings. The molecule has 1 aliphatic rings. The molecule has 0 amide bonds. The van der Waals surface area contributed by atoms with Crippen LogP contribution < -0.4 is 5.32 Å². The van der Waals surface area contributed by atoms with Crippen LogP contribution in [0.15, 0.2) is 18.3 Å². The first-order chi connectivity index (χ1) is 9.69. The minimum atomic E-state index is 0.603. The standard InChI is InChI=1S/C16H28N4/c1-4-17-10-15-6-7-16(18-11-15)13-20-9-5-8-19(3)12-14(20)2/h6-7,11,14,17H,4-5,8-10,12-13H2,1-3H3. The third kappa shape index (κ3) is 4.54. The summed E-state index contributed by atoms with van der Waals surface area (Å²) < 4.78 is 0. The maximum atomic E-state index is 4.61. The van der Waals surface area contributed by atoms with Gasteiger partial charge in [-0.15, -0.1) is 0 Å². The van der Waals surface area contributed by atoms with E-state index in [4.69, 9.17) is 0 Å². The number of likely N-dealkylation sites (N-methyl/N-ethyl adjacent to an activating group) is 1. The normalized spacial score (nSPS) is 21.9. The van der Waals surface area contributed by atoms with E-state index in [-0.39, 0.29) is 0 Å². The molecule has 0 aromatic carbocycles. The van der Waals surface area contributed by atoms with Crippen molar-refractivity contribution in [2.75, 3.05) is 33.2 Å². The third-order valence-electron chi connectivity index (χ3n) is 4.01. The van der Waals surface area contributed by atoms with Crippen LogP contribution in [-0.4, -0.2) is 54.1 Å². The van der Waals surface area contributed by atoms with Gasteiger partial charge in [-0.25, -0.2) is 0 Å². The Kier molecular flexibility index (Phi) is 5.95. The summed E-state index contributed by atoms with van der Waals surface area (Å²) in [7, 11) is 2.22. The van der Waals surface area contributed by atoms with Crippen LogP contribution in [0, 0.1) is 0 Å². The molecule has 1 aliphatic heterocycles. The van der Waals surface area contributed by atoms with Crippen LogP contribution in [0.4, 0.5) is 0 Å². The van der Waals surface area contributed by atoms with Crippen LogP contribution in [0.5, 0.6) is 0 Å². The van der Waals surface area contributed by atoms with E-state index in [0.29, 0.717) is 6.04 Å². The molecule has 1 atom stereocenters. The number of nitrogens with zero attached hydrogens (tertiary/aromatic N) is 3. The van der Waals surface area contributed by atoms with Gasteiger partial charge in [0.1, 0.15) is 0 Å². The van der Waals surface area contributed by atoms with Gasteiger partial charge in [-0.2, -0.15) is 0 Å². The van der Waals surface area contributed by atoms with Gasteiger partial charge in [-0.3, -0.25) is 9.88 Å². The molecule has 1 aromatic heterocycles. The zero-order chi connectivity index (χ0) is 14.4. The van der Waals surface area contributed by atoms with Crippen molar-refractivity contribution >= 4 is 0 Å². The van der Waals surface area contributed by atoms with Crippen LogP contribution in [0.2, 0.25) is 0 Å². The van der Waals surface area contributed by atoms with E-state index in [1.165, 1.54) is 30.8 Å². The lowest BCUT2D eigenvalue weighted by Gasteiger charge is -2.27. The molecule has 0 bridgehead atoms. The highest BCUT2D eigenvalue weighted by Crippen LogP contribution is 2.12. The average molecular weight is 276 g/mol. The Balaban J connectivity index is 1.91. The summed E-state index contributed by atoms with van der Waals surface area (Å²) in [5, 5.41) is 3.33. The molecule has 20 heavy (non-hydrogen) atoms. The maximum Gasteiger partial charge on any atom is 0.0544 e. The van der Waals surface area contributed by atoms with Gasteiger partial charge in [0.25, 0.3) is 0 Å². The fourth-order valence-electron chi connectivity index (χ4n) is 2.79. The van der Waals surface area contributed by atoms with Gasteiger partial charge in [0.05, 0.1) is 5.69 Å². The van der Waals surface area contributed by atoms with Crippen LogP contribution in [0.3, 0.4) is 0 Å². The molecule has 112 valence electrons. The van der Waals surface area contributed by atoms with Crippen molar-refractivity contribution in [3.05, 3.63) is 29.6 Å². The fraction of sp³-hybridized carbons (Fsp3) is 0.688. The van der Waals surface area contributed by atoms with Crippen molar-refractivity contribution in [2.24, 2.45) is 0 Å². The number of hydrogen-bond donors (Lipinski definition) is 1. The Hall–Kier alpha value is -0.970. The zero-order valence-corrected chi connectivity index (χ0v) is 13.1. The Morgan fingerprint density at radius 2 is 2.20 bits per heavy atom. The van der Waals surface area contributed by atoms with E-state index in [1.54, 1.807) is 0 Å². The molecule has 1 N–H and O–H groups in total. The first-order valence-electron chi connectivity index (χ1n) is 7.76. The number of aromatic nitrogens is 1. The minimum absolute atomic E-state index is 0.603. The minimum Gasteiger partial charge on any atom is -0.313 e. The third-order valence-corrected chi connectivity index (χ3v) is 4.01. The first kappa shape index (κ1) is 15.4. The lowest BCUT2D eigenvalue weighted by Crippen LogP contribution is -2.37. The number of hydrogen-bond acceptors (Lipinski definition) is 4. The molecule has 4 heteroatoms. The molecule has 4 nitrogen and oxygen atoms in total. The van der Waals surface area contributed by atoms with Crippen LogP contribution in [0.1, 0.15) is 31.5 Å². The molecule has 0 aliphatic carbocycles. The van der Waals surface area contributed by atoms with Crippen molar-refractivity contribution in [3.8, 4) is 0 Å². The van der Waals surface area contributed by atoms with Gasteiger partial charge in [-0.1, -0.05) is 13.0 Å². The smallest absolute Gasteiger partial charge is 0.0544 e. The number of nitrogens with one attached hydrogen (secondary N) is 1. The van der Waals surface area contributed by atoms with Crippen molar-refractivity contribution < 1.29 is 0 Å². The molecule has 0 spiro atoms. The second-order valence-electron chi connectivity index (χ2n) is 5.87. The maximum absolute atomic E-state index is 4.61. The lowest BCUT2D eigenvalue weighted by molar-refractivity contribution is 0.192. The lowest BCUT2D eigenvalue weighted by atomic mass is 10.2. The van der Waals surface area contributed by atoms with Gasteiger partial charge in [0.15, 0.2) is 0 Å². The van der Waals surface area contributed by atoms with Crippen molar-refractivity contribution in [1.82, 2.24) is 20.1 Å². The summed E-state index contributed by atoms with van der Waals surface area (Å²) in [5.74, 6) is 0. The quantitative estimate of drug-likeness (QED) is 0.887. The molecule has 1 unspecified atom stereocenters. The topological polar surface area (TPSA) is 31.4 Å². The first-order valence-corrected chi connectivity index (χ1v) is 7.76. The van der Waals surface area contributed by atoms with E-state index < -0.39 is 0 Å². The largest absolute Gasteiger partial charge is 0.313 e. The highest BCUT2D eigenvalue weighted by Gasteiger charge is 2.19. The highest BCUT2D eigenvalue weighted by atomic mass is 15.2. The van der Waals surface area contributed by atoms with Crippen molar-refractivity contribution in [2.45, 2.75) is 39.4 Å². The molecule has 1 saturated heterocycles. The summed E-state index contributed by atoms with van der Waals surface area (Å²) >= 11 is 0. The van der Waals surface area contributed by atoms with Crippen LogP contribution in [-0.2, 0) is 13.1 Å². The van der Waals surface area contributed by atoms with Crippen molar-refractivity contribution in [1.29, 1.82) is 0 Å². The van der Waals surface area contributed by atoms with Gasteiger partial charge >= 0.3 is 0 Å². The Bertz CT molecular complexity index is 390. The summed E-state index contributed by atoms with van der Waals surface area (Å²) in [6.07, 6.45) is 3.26. The predicted octanol–water partition coefficient (Wildman–Crippen LogP) is 1.72. The Morgan fingerprint density at radius 3 is 2.90 bits per heavy atom. The summed E-state index contributed by atoms with van der Waals surface area (Å²) in [6, 6.07) is 4.97. The summed E-state index contributed by atoms with van der Waals surface area (Å²) in [6.45, 7) is 10.9. The summed E-state index contributed by atoms with van der Waals surface area (Å²) in [5.41, 5.74) is 2.45. The molecular weight excluding hydrogens is 248 g/mol. The molecular formula is C16H28N4. The SMILES string of the molecule is CCNCc1ccc(CN2CCCN(C)CC2C)nc1. The van der Waals surface area contributed by atoms with Crippen LogP contribution >= 0.6 is 0 Å². The number of pyridine rings is 1. The predicted molar refractivity (Wildman–Crippen MR) is 83.6 cm³/mol. The average Bonchev–Trinajstić information content (AvgIpc) is 2.59. The van der Waals surface area contributed by atoms with Gasteiger partial charge < -0.3 is 10.2 Å². The van der Waals surface area contributed by atoms with E-state index in [0.717, 1.165) is 26.2 Å². The van der Waals surface area contributed by atoms with Gasteiger partial charge in [-0.05, 0) is 45.1 Å². The molecule has 1 aromatic rings. The van der Waals surface area contributed by atoms with Crippen molar-refractivity contribution in [3.63, 3.8) is 0 Å². The van der Waals surface area contributed by atoms with E-state index in [1.807, 2.05) is 6.20 Å². The number of rotatable bonds is 5. The van der Waals surface area contributed by atoms with E-state index >= 15 is 0 Å². The Morgan fingerprint density at radius 1 is 1.35 bits per heavy atom. The monoisotopic (exact) mass is 276 g/mol. The second-order valence-corrected chi connectivity index (χ2v) is 5.87. The summed E-state index contributed by atoms with van der Waals surface area (Å²) in [4.78, 5) is 9.59. The van der Waals surface area contributed by atoms with E-state index in [2.05, 4.69) is 53.1 Å². The zero-order valence-electron chi connectivity index (χ0n) is 13.1. The molecule has 2 heterocycles. The van der Waals surface area contributed by atoms with Gasteiger partial charge in [0, 0.05) is 38.4 Å². The van der Waals surface area contributed by atoms with E-state index in [9.17, 15) is 0 Å². The second kappa shape index (κ2) is 7.72. The molecule has 0 radical (unpaired) electrons. The Labute approximate surface area is 123 Å². The molecule has 2 rings (SSSR count). The van der Waals surface area contributed by atoms with Crippen LogP contribution in [0.25, 0.3) is 0 Å². The fourth-order valence-corrected chi connectivity index (χ4v) is 2.79.